The zero-order valence-electron chi connectivity index (χ0n) is 19.3. The fourth-order valence-corrected chi connectivity index (χ4v) is 6.06. The molecule has 0 radical (unpaired) electrons. The molecule has 2 aromatic heterocycles. The molecule has 2 heterocycles. The molecule has 1 N–H and O–H groups in total. The van der Waals surface area contributed by atoms with Crippen molar-refractivity contribution >= 4 is 38.1 Å². The second kappa shape index (κ2) is 10.6. The predicted molar refractivity (Wildman–Crippen MR) is 129 cm³/mol. The van der Waals surface area contributed by atoms with Crippen molar-refractivity contribution in [3.63, 3.8) is 0 Å². The van der Waals surface area contributed by atoms with Crippen LogP contribution in [0.25, 0.3) is 11.5 Å². The number of nitrogens with one attached hydrogen (secondary N) is 1. The van der Waals surface area contributed by atoms with Crippen molar-refractivity contribution in [1.82, 2.24) is 10.2 Å². The number of nitrogens with zero attached hydrogens (tertiary/aromatic N) is 2. The van der Waals surface area contributed by atoms with E-state index in [2.05, 4.69) is 15.5 Å². The van der Waals surface area contributed by atoms with Gasteiger partial charge in [-0.1, -0.05) is 17.6 Å². The normalized spacial score (nSPS) is 13.5. The van der Waals surface area contributed by atoms with Crippen LogP contribution in [-0.2, 0) is 32.2 Å². The first-order valence-corrected chi connectivity index (χ1v) is 13.6. The largest absolute Gasteiger partial charge is 0.497 e. The number of sulfone groups is 1. The molecule has 0 spiro atoms. The highest BCUT2D eigenvalue weighted by Gasteiger charge is 2.30. The van der Waals surface area contributed by atoms with Crippen LogP contribution in [0, 0.1) is 0 Å². The first-order chi connectivity index (χ1) is 16.8. The van der Waals surface area contributed by atoms with Gasteiger partial charge in [-0.25, -0.2) is 13.2 Å². The Morgan fingerprint density at radius 2 is 1.97 bits per heavy atom. The lowest BCUT2D eigenvalue weighted by Gasteiger charge is -2.08. The van der Waals surface area contributed by atoms with Gasteiger partial charge >= 0.3 is 11.2 Å². The van der Waals surface area contributed by atoms with Gasteiger partial charge in [0.05, 0.1) is 19.3 Å². The van der Waals surface area contributed by atoms with Crippen molar-refractivity contribution in [2.24, 2.45) is 0 Å². The van der Waals surface area contributed by atoms with Gasteiger partial charge in [0.2, 0.25) is 21.6 Å². The van der Waals surface area contributed by atoms with Crippen molar-refractivity contribution in [2.45, 2.75) is 44.3 Å². The number of esters is 1. The minimum Gasteiger partial charge on any atom is -0.497 e. The van der Waals surface area contributed by atoms with E-state index in [4.69, 9.17) is 13.9 Å². The monoisotopic (exact) mass is 519 g/mol. The standard InChI is InChI=1S/C23H25N3O7S2/c1-3-32-22(28)19-16-10-5-4-6-11-17(16)34-21(19)24-18(27)13-35(29,30)23-26-25-20(33-23)14-8-7-9-15(12-14)31-2/h7-9,12H,3-6,10-11,13H2,1-2H3,(H,24,27). The van der Waals surface area contributed by atoms with E-state index in [1.807, 2.05) is 0 Å². The molecule has 0 aliphatic heterocycles. The Bertz CT molecular complexity index is 1340. The smallest absolute Gasteiger partial charge is 0.341 e. The first-order valence-electron chi connectivity index (χ1n) is 11.1. The van der Waals surface area contributed by atoms with E-state index < -0.39 is 32.7 Å². The Morgan fingerprint density at radius 1 is 1.17 bits per heavy atom. The third-order valence-corrected chi connectivity index (χ3v) is 8.01. The van der Waals surface area contributed by atoms with Gasteiger partial charge in [-0.2, -0.15) is 0 Å². The number of aromatic nitrogens is 2. The average Bonchev–Trinajstić information content (AvgIpc) is 3.39. The molecule has 35 heavy (non-hydrogen) atoms. The Morgan fingerprint density at radius 3 is 2.74 bits per heavy atom. The second-order valence-electron chi connectivity index (χ2n) is 7.90. The molecule has 1 aromatic carbocycles. The van der Waals surface area contributed by atoms with Crippen LogP contribution in [0.15, 0.2) is 33.9 Å². The third-order valence-electron chi connectivity index (χ3n) is 5.46. The Kier molecular flexibility index (Phi) is 7.51. The van der Waals surface area contributed by atoms with Crippen molar-refractivity contribution < 1.29 is 31.9 Å². The molecule has 0 saturated heterocycles. The summed E-state index contributed by atoms with van der Waals surface area (Å²) in [4.78, 5) is 26.4. The number of aryl methyl sites for hydroxylation is 1. The zero-order chi connectivity index (χ0) is 25.0. The molecule has 1 amide bonds. The number of rotatable bonds is 8. The summed E-state index contributed by atoms with van der Waals surface area (Å²) >= 11 is 1.29. The summed E-state index contributed by atoms with van der Waals surface area (Å²) in [5, 5.41) is 9.64. The maximum absolute atomic E-state index is 12.8. The molecule has 1 aliphatic carbocycles. The summed E-state index contributed by atoms with van der Waals surface area (Å²) in [5.41, 5.74) is 1.67. The number of fused-ring (bicyclic) bond motifs is 1. The highest BCUT2D eigenvalue weighted by atomic mass is 32.2. The molecule has 1 aliphatic rings. The highest BCUT2D eigenvalue weighted by Crippen LogP contribution is 2.38. The van der Waals surface area contributed by atoms with Gasteiger partial charge in [-0.15, -0.1) is 16.4 Å². The number of carbonyl (C=O) groups excluding carboxylic acids is 2. The van der Waals surface area contributed by atoms with Crippen LogP contribution in [0.1, 0.15) is 47.0 Å². The number of thiophene rings is 1. The Balaban J connectivity index is 1.53. The van der Waals surface area contributed by atoms with Crippen LogP contribution >= 0.6 is 11.3 Å². The SMILES string of the molecule is CCOC(=O)c1c(NC(=O)CS(=O)(=O)c2nnc(-c3cccc(OC)c3)o2)sc2c1CCCCC2. The number of methoxy groups -OCH3 is 1. The maximum Gasteiger partial charge on any atom is 0.341 e. The highest BCUT2D eigenvalue weighted by molar-refractivity contribution is 7.91. The lowest BCUT2D eigenvalue weighted by molar-refractivity contribution is -0.113. The van der Waals surface area contributed by atoms with Crippen LogP contribution in [0.4, 0.5) is 5.00 Å². The lowest BCUT2D eigenvalue weighted by atomic mass is 10.1. The number of carbonyl (C=O) groups is 2. The minimum absolute atomic E-state index is 0.0190. The summed E-state index contributed by atoms with van der Waals surface area (Å²) < 4.78 is 41.3. The second-order valence-corrected chi connectivity index (χ2v) is 10.9. The molecule has 4 rings (SSSR count). The third kappa shape index (κ3) is 5.54. The van der Waals surface area contributed by atoms with Crippen LogP contribution in [-0.4, -0.2) is 50.0 Å². The van der Waals surface area contributed by atoms with E-state index in [1.165, 1.54) is 18.4 Å². The molecule has 0 atom stereocenters. The summed E-state index contributed by atoms with van der Waals surface area (Å²) in [6.45, 7) is 1.90. The van der Waals surface area contributed by atoms with Gasteiger partial charge in [0.15, 0.2) is 0 Å². The molecular weight excluding hydrogens is 494 g/mol. The fraction of sp³-hybridized carbons (Fsp3) is 0.391. The van der Waals surface area contributed by atoms with E-state index in [1.54, 1.807) is 31.2 Å². The average molecular weight is 520 g/mol. The number of ether oxygens (including phenoxy) is 2. The molecular formula is C23H25N3O7S2. The number of hydrogen-bond donors (Lipinski definition) is 1. The van der Waals surface area contributed by atoms with Crippen molar-refractivity contribution in [3.05, 3.63) is 40.3 Å². The van der Waals surface area contributed by atoms with Crippen molar-refractivity contribution in [3.8, 4) is 17.2 Å². The van der Waals surface area contributed by atoms with E-state index in [9.17, 15) is 18.0 Å². The molecule has 3 aromatic rings. The Labute approximate surface area is 206 Å². The van der Waals surface area contributed by atoms with Gasteiger partial charge in [-0.05, 0) is 56.4 Å². The molecule has 0 bridgehead atoms. The van der Waals surface area contributed by atoms with Gasteiger partial charge < -0.3 is 19.2 Å². The van der Waals surface area contributed by atoms with Gasteiger partial charge in [0.25, 0.3) is 0 Å². The first kappa shape index (κ1) is 24.9. The zero-order valence-corrected chi connectivity index (χ0v) is 21.0. The summed E-state index contributed by atoms with van der Waals surface area (Å²) in [6, 6.07) is 6.70. The van der Waals surface area contributed by atoms with E-state index >= 15 is 0 Å². The molecule has 0 unspecified atom stereocenters. The Hall–Kier alpha value is -3.25. The van der Waals surface area contributed by atoms with E-state index in [-0.39, 0.29) is 12.5 Å². The lowest BCUT2D eigenvalue weighted by Crippen LogP contribution is -2.24. The van der Waals surface area contributed by atoms with Crippen LogP contribution in [0.5, 0.6) is 5.75 Å². The van der Waals surface area contributed by atoms with Crippen molar-refractivity contribution in [2.75, 3.05) is 24.8 Å². The quantitative estimate of drug-likeness (QED) is 0.349. The van der Waals surface area contributed by atoms with E-state index in [0.29, 0.717) is 28.3 Å². The molecule has 0 fully saturated rings. The topological polar surface area (TPSA) is 138 Å². The molecule has 10 nitrogen and oxygen atoms in total. The molecule has 186 valence electrons. The number of hydrogen-bond acceptors (Lipinski definition) is 10. The molecule has 12 heteroatoms. The number of anilines is 1. The minimum atomic E-state index is -4.23. The summed E-state index contributed by atoms with van der Waals surface area (Å²) in [7, 11) is -2.73. The predicted octanol–water partition coefficient (Wildman–Crippen LogP) is 3.66. The van der Waals surface area contributed by atoms with E-state index in [0.717, 1.165) is 36.1 Å². The van der Waals surface area contributed by atoms with Gasteiger partial charge in [0, 0.05) is 10.4 Å². The van der Waals surface area contributed by atoms with Crippen LogP contribution in [0.3, 0.4) is 0 Å². The number of amides is 1. The van der Waals surface area contributed by atoms with Crippen LogP contribution in [0.2, 0.25) is 0 Å². The summed E-state index contributed by atoms with van der Waals surface area (Å²) in [5.74, 6) is -1.74. The van der Waals surface area contributed by atoms with Crippen molar-refractivity contribution in [1.29, 1.82) is 0 Å². The van der Waals surface area contributed by atoms with Gasteiger partial charge in [0.1, 0.15) is 16.5 Å². The molecule has 0 saturated carbocycles. The maximum atomic E-state index is 12.8. The fourth-order valence-electron chi connectivity index (χ4n) is 3.86. The van der Waals surface area contributed by atoms with Gasteiger partial charge in [-0.3, -0.25) is 4.79 Å². The number of benzene rings is 1. The van der Waals surface area contributed by atoms with Crippen LogP contribution < -0.4 is 10.1 Å². The summed E-state index contributed by atoms with van der Waals surface area (Å²) in [6.07, 6.45) is 4.50.